The van der Waals surface area contributed by atoms with Gasteiger partial charge in [-0.25, -0.2) is 13.4 Å². The number of nitrogens with one attached hydrogen (secondary N) is 1. The van der Waals surface area contributed by atoms with Crippen LogP contribution in [-0.4, -0.2) is 73.0 Å². The van der Waals surface area contributed by atoms with Gasteiger partial charge in [-0.1, -0.05) is 12.1 Å². The molecule has 2 aromatic heterocycles. The van der Waals surface area contributed by atoms with Gasteiger partial charge in [0.2, 0.25) is 10.0 Å². The Labute approximate surface area is 175 Å². The zero-order valence-electron chi connectivity index (χ0n) is 16.9. The molecule has 3 heterocycles. The Morgan fingerprint density at radius 1 is 1.28 bits per heavy atom. The summed E-state index contributed by atoms with van der Waals surface area (Å²) < 4.78 is 31.4. The molecule has 1 fully saturated rings. The van der Waals surface area contributed by atoms with Gasteiger partial charge in [0.05, 0.1) is 16.4 Å². The highest BCUT2D eigenvalue weighted by Gasteiger charge is 2.28. The van der Waals surface area contributed by atoms with Gasteiger partial charge in [0.25, 0.3) is 0 Å². The molecule has 160 valence electrons. The number of rotatable bonds is 8. The summed E-state index contributed by atoms with van der Waals surface area (Å²) in [5, 5.41) is 10.3. The van der Waals surface area contributed by atoms with E-state index in [2.05, 4.69) is 32.7 Å². The minimum atomic E-state index is -3.40. The quantitative estimate of drug-likeness (QED) is 0.488. The van der Waals surface area contributed by atoms with Gasteiger partial charge in [-0.3, -0.25) is 4.99 Å². The summed E-state index contributed by atoms with van der Waals surface area (Å²) in [5.41, 5.74) is 1.51. The van der Waals surface area contributed by atoms with Crippen molar-refractivity contribution in [2.75, 3.05) is 39.3 Å². The summed E-state index contributed by atoms with van der Waals surface area (Å²) in [4.78, 5) is 11.4. The van der Waals surface area contributed by atoms with Gasteiger partial charge >= 0.3 is 0 Å². The molecule has 1 aliphatic heterocycles. The smallest absolute Gasteiger partial charge is 0.220 e. The van der Waals surface area contributed by atoms with E-state index < -0.39 is 10.0 Å². The maximum absolute atomic E-state index is 12.6. The Morgan fingerprint density at radius 3 is 2.69 bits per heavy atom. The predicted octanol–water partition coefficient (Wildman–Crippen LogP) is 1.35. The van der Waals surface area contributed by atoms with Crippen LogP contribution in [0.25, 0.3) is 0 Å². The van der Waals surface area contributed by atoms with Gasteiger partial charge in [-0.05, 0) is 13.3 Å². The van der Waals surface area contributed by atoms with Crippen LogP contribution in [0.1, 0.15) is 30.2 Å². The van der Waals surface area contributed by atoms with E-state index in [1.807, 2.05) is 6.92 Å². The van der Waals surface area contributed by atoms with Crippen LogP contribution in [0.3, 0.4) is 0 Å². The molecule has 1 N–H and O–H groups in total. The lowest BCUT2D eigenvalue weighted by molar-refractivity contribution is 0.260. The largest absolute Gasteiger partial charge is 0.364 e. The molecule has 0 saturated carbocycles. The average Bonchev–Trinajstić information content (AvgIpc) is 3.39. The molecule has 3 rings (SSSR count). The van der Waals surface area contributed by atoms with E-state index in [-0.39, 0.29) is 5.75 Å². The highest BCUT2D eigenvalue weighted by atomic mass is 32.2. The van der Waals surface area contributed by atoms with Gasteiger partial charge in [0, 0.05) is 57.1 Å². The van der Waals surface area contributed by atoms with Crippen molar-refractivity contribution in [2.45, 2.75) is 32.4 Å². The van der Waals surface area contributed by atoms with Crippen LogP contribution in [0.5, 0.6) is 0 Å². The van der Waals surface area contributed by atoms with Crippen LogP contribution in [-0.2, 0) is 28.6 Å². The first kappa shape index (κ1) is 21.7. The monoisotopic (exact) mass is 440 g/mol. The fraction of sp³-hybridized carbons (Fsp3) is 0.611. The lowest BCUT2D eigenvalue weighted by atomic mass is 10.3. The van der Waals surface area contributed by atoms with Crippen molar-refractivity contribution in [1.29, 1.82) is 0 Å². The number of aromatic nitrogens is 2. The second-order valence-corrected chi connectivity index (χ2v) is 9.62. The summed E-state index contributed by atoms with van der Waals surface area (Å²) in [7, 11) is -3.40. The maximum Gasteiger partial charge on any atom is 0.220 e. The molecule has 1 aliphatic rings. The van der Waals surface area contributed by atoms with E-state index >= 15 is 0 Å². The lowest BCUT2D eigenvalue weighted by Crippen LogP contribution is -2.54. The van der Waals surface area contributed by atoms with Crippen molar-refractivity contribution < 1.29 is 12.9 Å². The third kappa shape index (κ3) is 6.00. The Bertz CT molecular complexity index is 887. The molecule has 1 saturated heterocycles. The fourth-order valence-corrected chi connectivity index (χ4v) is 5.30. The van der Waals surface area contributed by atoms with Gasteiger partial charge in [0.1, 0.15) is 12.0 Å². The normalized spacial score (nSPS) is 16.3. The van der Waals surface area contributed by atoms with Crippen molar-refractivity contribution in [2.24, 2.45) is 4.99 Å². The van der Waals surface area contributed by atoms with Crippen molar-refractivity contribution >= 4 is 27.3 Å². The van der Waals surface area contributed by atoms with Gasteiger partial charge in [0.15, 0.2) is 5.96 Å². The standard InChI is InChI=1S/C18H28N6O3S2/c1-3-17-21-15(13-28-17)5-7-20-18(19-4-2)23-8-10-24(11-9-23)29(25,26)14-16-6-12-27-22-16/h6,12-13H,3-5,7-11,14H2,1-2H3,(H,19,20). The average molecular weight is 441 g/mol. The van der Waals surface area contributed by atoms with Crippen LogP contribution in [0.4, 0.5) is 0 Å². The number of sulfonamides is 1. The molecule has 9 nitrogen and oxygen atoms in total. The van der Waals surface area contributed by atoms with Gasteiger partial charge < -0.3 is 14.7 Å². The Morgan fingerprint density at radius 2 is 2.07 bits per heavy atom. The maximum atomic E-state index is 12.6. The number of thiazole rings is 1. The summed E-state index contributed by atoms with van der Waals surface area (Å²) in [6, 6.07) is 1.58. The number of aryl methyl sites for hydroxylation is 1. The molecular formula is C18H28N6O3S2. The number of piperazine rings is 1. The number of hydrogen-bond acceptors (Lipinski definition) is 7. The number of nitrogens with zero attached hydrogens (tertiary/aromatic N) is 5. The molecule has 0 aliphatic carbocycles. The molecular weight excluding hydrogens is 412 g/mol. The van der Waals surface area contributed by atoms with E-state index in [0.717, 1.165) is 36.0 Å². The number of hydrogen-bond donors (Lipinski definition) is 1. The molecule has 11 heteroatoms. The minimum Gasteiger partial charge on any atom is -0.364 e. The first-order chi connectivity index (χ1) is 14.0. The molecule has 0 radical (unpaired) electrons. The first-order valence-electron chi connectivity index (χ1n) is 9.85. The Balaban J connectivity index is 1.54. The third-order valence-corrected chi connectivity index (χ3v) is 7.47. The SMILES string of the molecule is CCNC(=NCCc1csc(CC)n1)N1CCN(S(=O)(=O)Cc2ccon2)CC1. The first-order valence-corrected chi connectivity index (χ1v) is 12.3. The second-order valence-electron chi connectivity index (χ2n) is 6.70. The highest BCUT2D eigenvalue weighted by Crippen LogP contribution is 2.13. The van der Waals surface area contributed by atoms with Crippen LogP contribution in [0.15, 0.2) is 27.2 Å². The second kappa shape index (κ2) is 10.2. The zero-order chi connectivity index (χ0) is 20.7. The molecule has 0 spiro atoms. The molecule has 0 unspecified atom stereocenters. The molecule has 2 aromatic rings. The lowest BCUT2D eigenvalue weighted by Gasteiger charge is -2.35. The van der Waals surface area contributed by atoms with E-state index in [1.54, 1.807) is 17.4 Å². The third-order valence-electron chi connectivity index (χ3n) is 4.62. The summed E-state index contributed by atoms with van der Waals surface area (Å²) in [5.74, 6) is 0.692. The number of aliphatic imine (C=N–C) groups is 1. The van der Waals surface area contributed by atoms with E-state index in [1.165, 1.54) is 10.6 Å². The van der Waals surface area contributed by atoms with Crippen molar-refractivity contribution in [3.8, 4) is 0 Å². The van der Waals surface area contributed by atoms with Crippen molar-refractivity contribution in [3.05, 3.63) is 34.1 Å². The molecule has 0 atom stereocenters. The zero-order valence-corrected chi connectivity index (χ0v) is 18.5. The van der Waals surface area contributed by atoms with E-state index in [4.69, 9.17) is 9.52 Å². The van der Waals surface area contributed by atoms with Gasteiger partial charge in [-0.15, -0.1) is 11.3 Å². The fourth-order valence-electron chi connectivity index (χ4n) is 3.10. The Kier molecular flexibility index (Phi) is 7.62. The highest BCUT2D eigenvalue weighted by molar-refractivity contribution is 7.88. The van der Waals surface area contributed by atoms with Crippen LogP contribution in [0, 0.1) is 0 Å². The molecule has 29 heavy (non-hydrogen) atoms. The number of guanidine groups is 1. The van der Waals surface area contributed by atoms with Crippen LogP contribution in [0.2, 0.25) is 0 Å². The van der Waals surface area contributed by atoms with Crippen LogP contribution >= 0.6 is 11.3 Å². The summed E-state index contributed by atoms with van der Waals surface area (Å²) >= 11 is 1.69. The topological polar surface area (TPSA) is 104 Å². The summed E-state index contributed by atoms with van der Waals surface area (Å²) in [6.45, 7) is 7.60. The van der Waals surface area contributed by atoms with E-state index in [9.17, 15) is 8.42 Å². The van der Waals surface area contributed by atoms with Gasteiger partial charge in [-0.2, -0.15) is 4.31 Å². The van der Waals surface area contributed by atoms with Crippen molar-refractivity contribution in [1.82, 2.24) is 24.7 Å². The molecule has 0 bridgehead atoms. The van der Waals surface area contributed by atoms with Crippen LogP contribution < -0.4 is 5.32 Å². The minimum absolute atomic E-state index is 0.134. The molecule has 0 amide bonds. The summed E-state index contributed by atoms with van der Waals surface area (Å²) in [6.07, 6.45) is 3.15. The molecule has 0 aromatic carbocycles. The van der Waals surface area contributed by atoms with Crippen molar-refractivity contribution in [3.63, 3.8) is 0 Å². The Hall–Kier alpha value is -1.98. The predicted molar refractivity (Wildman–Crippen MR) is 113 cm³/mol. The van der Waals surface area contributed by atoms with E-state index in [0.29, 0.717) is 38.4 Å².